The molecule has 0 saturated carbocycles. The number of pyridine rings is 1. The molecule has 8 heteroatoms. The average Bonchev–Trinajstić information content (AvgIpc) is 2.06. The van der Waals surface area contributed by atoms with Crippen molar-refractivity contribution in [2.75, 3.05) is 0 Å². The Bertz CT molecular complexity index is 424. The maximum Gasteiger partial charge on any atom is 0.421 e. The molecule has 0 aliphatic heterocycles. The fourth-order valence-corrected chi connectivity index (χ4v) is 1.57. The van der Waals surface area contributed by atoms with E-state index in [1.54, 1.807) is 4.98 Å². The standard InChI is InChI=1S/C7H3F5INO/c8-6(9)4-3(13)5(15)2(1-14-4)7(10,11)12/h1,6H,(H,14,15). The van der Waals surface area contributed by atoms with Crippen molar-refractivity contribution in [2.45, 2.75) is 12.6 Å². The summed E-state index contributed by atoms with van der Waals surface area (Å²) in [6.45, 7) is 0. The third-order valence-electron chi connectivity index (χ3n) is 1.58. The van der Waals surface area contributed by atoms with Gasteiger partial charge in [0.2, 0.25) is 5.43 Å². The van der Waals surface area contributed by atoms with Crippen LogP contribution in [0.1, 0.15) is 17.7 Å². The topological polar surface area (TPSA) is 32.9 Å². The predicted octanol–water partition coefficient (Wildman–Crippen LogP) is 2.94. The Labute approximate surface area is 93.6 Å². The first-order valence-electron chi connectivity index (χ1n) is 3.51. The van der Waals surface area contributed by atoms with E-state index >= 15 is 0 Å². The van der Waals surface area contributed by atoms with Gasteiger partial charge in [-0.25, -0.2) is 8.78 Å². The molecular formula is C7H3F5INO. The summed E-state index contributed by atoms with van der Waals surface area (Å²) in [5, 5.41) is 0. The van der Waals surface area contributed by atoms with Crippen LogP contribution in [0.15, 0.2) is 11.0 Å². The Morgan fingerprint density at radius 2 is 1.87 bits per heavy atom. The highest BCUT2D eigenvalue weighted by Crippen LogP contribution is 2.28. The molecule has 0 aromatic carbocycles. The molecule has 0 fully saturated rings. The minimum absolute atomic E-state index is 0.256. The normalized spacial score (nSPS) is 12.2. The molecule has 84 valence electrons. The third kappa shape index (κ3) is 2.47. The number of nitrogens with one attached hydrogen (secondary N) is 1. The van der Waals surface area contributed by atoms with Crippen LogP contribution in [0.5, 0.6) is 0 Å². The molecule has 0 aliphatic carbocycles. The van der Waals surface area contributed by atoms with Gasteiger partial charge in [0.15, 0.2) is 0 Å². The Morgan fingerprint density at radius 3 is 2.27 bits per heavy atom. The molecule has 0 radical (unpaired) electrons. The van der Waals surface area contributed by atoms with Crippen LogP contribution in [0.3, 0.4) is 0 Å². The van der Waals surface area contributed by atoms with Crippen molar-refractivity contribution in [2.24, 2.45) is 0 Å². The smallest absolute Gasteiger partial charge is 0.359 e. The zero-order chi connectivity index (χ0) is 11.8. The molecular weight excluding hydrogens is 336 g/mol. The van der Waals surface area contributed by atoms with E-state index in [1.165, 1.54) is 0 Å². The first-order chi connectivity index (χ1) is 6.75. The molecule has 1 heterocycles. The van der Waals surface area contributed by atoms with Crippen molar-refractivity contribution in [1.82, 2.24) is 4.98 Å². The monoisotopic (exact) mass is 339 g/mol. The summed E-state index contributed by atoms with van der Waals surface area (Å²) in [4.78, 5) is 12.8. The number of hydrogen-bond donors (Lipinski definition) is 1. The maximum absolute atomic E-state index is 12.2. The van der Waals surface area contributed by atoms with Crippen LogP contribution in [0, 0.1) is 3.57 Å². The lowest BCUT2D eigenvalue weighted by atomic mass is 10.2. The summed E-state index contributed by atoms with van der Waals surface area (Å²) in [6, 6.07) is 0. The van der Waals surface area contributed by atoms with E-state index in [0.717, 1.165) is 22.6 Å². The van der Waals surface area contributed by atoms with Gasteiger partial charge in [0.05, 0.1) is 9.26 Å². The lowest BCUT2D eigenvalue weighted by Crippen LogP contribution is -2.23. The van der Waals surface area contributed by atoms with Crippen molar-refractivity contribution in [3.63, 3.8) is 0 Å². The highest BCUT2D eigenvalue weighted by Gasteiger charge is 2.35. The highest BCUT2D eigenvalue weighted by molar-refractivity contribution is 14.1. The Kier molecular flexibility index (Phi) is 3.36. The fourth-order valence-electron chi connectivity index (χ4n) is 0.889. The summed E-state index contributed by atoms with van der Waals surface area (Å²) in [7, 11) is 0. The van der Waals surface area contributed by atoms with E-state index in [0.29, 0.717) is 0 Å². The Balaban J connectivity index is 3.42. The molecule has 1 N–H and O–H groups in total. The summed E-state index contributed by atoms with van der Waals surface area (Å²) < 4.78 is 60.2. The van der Waals surface area contributed by atoms with E-state index in [2.05, 4.69) is 0 Å². The Hall–Kier alpha value is -0.670. The SMILES string of the molecule is O=c1c(C(F)(F)F)c[nH]c(C(F)F)c1I. The van der Waals surface area contributed by atoms with E-state index in [-0.39, 0.29) is 6.20 Å². The van der Waals surface area contributed by atoms with Gasteiger partial charge in [-0.05, 0) is 22.6 Å². The lowest BCUT2D eigenvalue weighted by Gasteiger charge is -2.08. The van der Waals surface area contributed by atoms with Crippen LogP contribution < -0.4 is 5.43 Å². The van der Waals surface area contributed by atoms with Gasteiger partial charge in [-0.1, -0.05) is 0 Å². The quantitative estimate of drug-likeness (QED) is 0.619. The van der Waals surface area contributed by atoms with Gasteiger partial charge in [0.1, 0.15) is 5.56 Å². The molecule has 1 aromatic rings. The van der Waals surface area contributed by atoms with Crippen LogP contribution >= 0.6 is 22.6 Å². The molecule has 0 spiro atoms. The van der Waals surface area contributed by atoms with Crippen LogP contribution in [-0.2, 0) is 6.18 Å². The molecule has 0 unspecified atom stereocenters. The number of alkyl halides is 5. The van der Waals surface area contributed by atoms with Gasteiger partial charge in [0.25, 0.3) is 6.43 Å². The van der Waals surface area contributed by atoms with Crippen molar-refractivity contribution < 1.29 is 22.0 Å². The number of H-pyrrole nitrogens is 1. The second kappa shape index (κ2) is 4.06. The predicted molar refractivity (Wildman–Crippen MR) is 49.7 cm³/mol. The van der Waals surface area contributed by atoms with E-state index in [4.69, 9.17) is 0 Å². The largest absolute Gasteiger partial charge is 0.421 e. The summed E-state index contributed by atoms with van der Waals surface area (Å²) in [5.74, 6) is 0. The molecule has 0 amide bonds. The first kappa shape index (κ1) is 12.4. The van der Waals surface area contributed by atoms with Gasteiger partial charge in [0, 0.05) is 6.20 Å². The van der Waals surface area contributed by atoms with Crippen LogP contribution in [0.4, 0.5) is 22.0 Å². The number of aromatic amines is 1. The van der Waals surface area contributed by atoms with Crippen LogP contribution in [-0.4, -0.2) is 4.98 Å². The van der Waals surface area contributed by atoms with Crippen molar-refractivity contribution in [3.8, 4) is 0 Å². The van der Waals surface area contributed by atoms with Crippen molar-refractivity contribution in [1.29, 1.82) is 0 Å². The molecule has 15 heavy (non-hydrogen) atoms. The number of aromatic nitrogens is 1. The molecule has 0 bridgehead atoms. The van der Waals surface area contributed by atoms with Gasteiger partial charge in [-0.15, -0.1) is 0 Å². The third-order valence-corrected chi connectivity index (χ3v) is 2.65. The van der Waals surface area contributed by atoms with Crippen LogP contribution in [0.25, 0.3) is 0 Å². The molecule has 0 saturated heterocycles. The van der Waals surface area contributed by atoms with Gasteiger partial charge >= 0.3 is 6.18 Å². The van der Waals surface area contributed by atoms with Gasteiger partial charge in [-0.2, -0.15) is 13.2 Å². The number of halogens is 6. The van der Waals surface area contributed by atoms with E-state index < -0.39 is 32.9 Å². The number of hydrogen-bond acceptors (Lipinski definition) is 1. The first-order valence-corrected chi connectivity index (χ1v) is 4.59. The van der Waals surface area contributed by atoms with Crippen molar-refractivity contribution >= 4 is 22.6 Å². The zero-order valence-electron chi connectivity index (χ0n) is 6.83. The second-order valence-electron chi connectivity index (χ2n) is 2.56. The van der Waals surface area contributed by atoms with E-state index in [1.807, 2.05) is 0 Å². The number of rotatable bonds is 1. The van der Waals surface area contributed by atoms with Gasteiger partial charge in [-0.3, -0.25) is 4.79 Å². The van der Waals surface area contributed by atoms with Crippen molar-refractivity contribution in [3.05, 3.63) is 31.2 Å². The van der Waals surface area contributed by atoms with Crippen LogP contribution in [0.2, 0.25) is 0 Å². The molecule has 1 aromatic heterocycles. The maximum atomic E-state index is 12.2. The second-order valence-corrected chi connectivity index (χ2v) is 3.64. The average molecular weight is 339 g/mol. The van der Waals surface area contributed by atoms with E-state index in [9.17, 15) is 26.7 Å². The summed E-state index contributed by atoms with van der Waals surface area (Å²) >= 11 is 1.16. The zero-order valence-corrected chi connectivity index (χ0v) is 8.99. The molecule has 1 rings (SSSR count). The summed E-state index contributed by atoms with van der Waals surface area (Å²) in [5.41, 5.74) is -3.71. The molecule has 2 nitrogen and oxygen atoms in total. The minimum atomic E-state index is -4.84. The molecule has 0 aliphatic rings. The minimum Gasteiger partial charge on any atom is -0.359 e. The summed E-state index contributed by atoms with van der Waals surface area (Å²) in [6.07, 6.45) is -7.59. The Morgan fingerprint density at radius 1 is 1.33 bits per heavy atom. The lowest BCUT2D eigenvalue weighted by molar-refractivity contribution is -0.138. The molecule has 0 atom stereocenters. The fraction of sp³-hybridized carbons (Fsp3) is 0.286. The van der Waals surface area contributed by atoms with Gasteiger partial charge < -0.3 is 4.98 Å². The highest BCUT2D eigenvalue weighted by atomic mass is 127.